The highest BCUT2D eigenvalue weighted by Crippen LogP contribution is 2.56. The van der Waals surface area contributed by atoms with Crippen molar-refractivity contribution >= 4 is 17.3 Å². The van der Waals surface area contributed by atoms with Gasteiger partial charge in [0.15, 0.2) is 11.4 Å². The summed E-state index contributed by atoms with van der Waals surface area (Å²) in [5.41, 5.74) is 3.10. The number of nitrogens with zero attached hydrogens (tertiary/aromatic N) is 1. The standard InChI is InChI=1S/C26H40N2O9/c27-25(35)21-17(30)11-14-9-13-10-15-12(2-4-18(31)28-5-7-37-8-6-28)1-3-16(29)20(15)22(32)19(13)23(33)26(14,36)24(21)34/h12-16,18-21,23,25,29,31,33,35-36H,1-11,27H2/t12?,13-,14+,15?,16?,18?,19?,20?,21?,23?,25?,26+/m1/s1. The van der Waals surface area contributed by atoms with Crippen LogP contribution in [0.25, 0.3) is 0 Å². The van der Waals surface area contributed by atoms with Gasteiger partial charge in [-0.1, -0.05) is 0 Å². The van der Waals surface area contributed by atoms with Gasteiger partial charge in [-0.15, -0.1) is 0 Å². The molecule has 0 radical (unpaired) electrons. The first kappa shape index (κ1) is 27.3. The van der Waals surface area contributed by atoms with Crippen molar-refractivity contribution in [2.75, 3.05) is 26.3 Å². The number of morpholine rings is 1. The van der Waals surface area contributed by atoms with Crippen LogP contribution in [0, 0.1) is 41.4 Å². The van der Waals surface area contributed by atoms with E-state index < -0.39 is 65.5 Å². The molecule has 12 atom stereocenters. The topological polar surface area (TPSA) is 191 Å². The predicted octanol–water partition coefficient (Wildman–Crippen LogP) is -1.83. The third-order valence-corrected chi connectivity index (χ3v) is 10.1. The van der Waals surface area contributed by atoms with E-state index in [1.54, 1.807) is 0 Å². The number of hydrogen-bond donors (Lipinski definition) is 6. The highest BCUT2D eigenvalue weighted by molar-refractivity contribution is 6.10. The Kier molecular flexibility index (Phi) is 7.62. The second-order valence-electron chi connectivity index (χ2n) is 11.9. The van der Waals surface area contributed by atoms with E-state index in [1.165, 1.54) is 0 Å². The van der Waals surface area contributed by atoms with E-state index in [1.807, 2.05) is 4.90 Å². The first-order chi connectivity index (χ1) is 17.6. The van der Waals surface area contributed by atoms with Crippen molar-refractivity contribution in [1.29, 1.82) is 0 Å². The molecule has 37 heavy (non-hydrogen) atoms. The van der Waals surface area contributed by atoms with Gasteiger partial charge in [-0.25, -0.2) is 0 Å². The van der Waals surface area contributed by atoms with Gasteiger partial charge in [0.25, 0.3) is 0 Å². The molecule has 0 spiro atoms. The number of rotatable bonds is 5. The van der Waals surface area contributed by atoms with Crippen LogP contribution in [0.15, 0.2) is 0 Å². The van der Waals surface area contributed by atoms with Crippen LogP contribution >= 0.6 is 0 Å². The molecule has 7 N–H and O–H groups in total. The lowest BCUT2D eigenvalue weighted by atomic mass is 9.48. The van der Waals surface area contributed by atoms with Gasteiger partial charge in [0.1, 0.15) is 36.0 Å². The summed E-state index contributed by atoms with van der Waals surface area (Å²) < 4.78 is 5.36. The minimum absolute atomic E-state index is 0.110. The molecule has 0 bridgehead atoms. The molecule has 5 aliphatic rings. The van der Waals surface area contributed by atoms with E-state index in [0.29, 0.717) is 52.0 Å². The minimum Gasteiger partial charge on any atom is -0.392 e. The second kappa shape index (κ2) is 10.3. The molecule has 208 valence electrons. The summed E-state index contributed by atoms with van der Waals surface area (Å²) in [7, 11) is 0. The number of carbonyl (C=O) groups is 3. The molecule has 0 aromatic carbocycles. The first-order valence-electron chi connectivity index (χ1n) is 13.7. The fraction of sp³-hybridized carbons (Fsp3) is 0.885. The van der Waals surface area contributed by atoms with Crippen molar-refractivity contribution in [3.05, 3.63) is 0 Å². The third kappa shape index (κ3) is 4.51. The molecule has 5 rings (SSSR count). The number of ether oxygens (including phenoxy) is 1. The van der Waals surface area contributed by atoms with Gasteiger partial charge in [-0.2, -0.15) is 0 Å². The molecule has 1 heterocycles. The Morgan fingerprint density at radius 1 is 1.05 bits per heavy atom. The Hall–Kier alpha value is -1.31. The van der Waals surface area contributed by atoms with Gasteiger partial charge in [0.05, 0.1) is 25.2 Å². The average molecular weight is 525 g/mol. The fourth-order valence-corrected chi connectivity index (χ4v) is 8.24. The summed E-state index contributed by atoms with van der Waals surface area (Å²) in [6.45, 7) is 2.50. The Balaban J connectivity index is 1.35. The molecule has 0 amide bonds. The summed E-state index contributed by atoms with van der Waals surface area (Å²) in [5.74, 6) is -6.56. The Morgan fingerprint density at radius 2 is 1.76 bits per heavy atom. The fourth-order valence-electron chi connectivity index (χ4n) is 8.24. The predicted molar refractivity (Wildman–Crippen MR) is 127 cm³/mol. The number of hydrogen-bond acceptors (Lipinski definition) is 11. The van der Waals surface area contributed by atoms with Crippen molar-refractivity contribution in [1.82, 2.24) is 4.90 Å². The Morgan fingerprint density at radius 3 is 2.43 bits per heavy atom. The van der Waals surface area contributed by atoms with Crippen molar-refractivity contribution in [3.8, 4) is 0 Å². The van der Waals surface area contributed by atoms with Gasteiger partial charge >= 0.3 is 0 Å². The highest BCUT2D eigenvalue weighted by atomic mass is 16.5. The van der Waals surface area contributed by atoms with Crippen LogP contribution in [0.5, 0.6) is 0 Å². The second-order valence-corrected chi connectivity index (χ2v) is 11.9. The zero-order valence-electron chi connectivity index (χ0n) is 21.0. The third-order valence-electron chi connectivity index (χ3n) is 10.1. The van der Waals surface area contributed by atoms with Crippen LogP contribution in [-0.2, 0) is 19.1 Å². The Labute approximate surface area is 216 Å². The molecule has 4 saturated carbocycles. The van der Waals surface area contributed by atoms with E-state index in [-0.39, 0.29) is 36.4 Å². The maximum Gasteiger partial charge on any atom is 0.181 e. The number of Topliss-reactive ketones (excluding diaryl/α,β-unsaturated/α-hetero) is 3. The molecule has 1 saturated heterocycles. The van der Waals surface area contributed by atoms with Crippen molar-refractivity contribution in [2.24, 2.45) is 47.2 Å². The maximum atomic E-state index is 13.8. The van der Waals surface area contributed by atoms with Crippen LogP contribution in [-0.4, -0.2) is 104 Å². The van der Waals surface area contributed by atoms with E-state index in [0.717, 1.165) is 6.42 Å². The zero-order valence-corrected chi connectivity index (χ0v) is 21.0. The quantitative estimate of drug-likeness (QED) is 0.175. The van der Waals surface area contributed by atoms with Gasteiger partial charge in [0.2, 0.25) is 0 Å². The lowest BCUT2D eigenvalue weighted by Crippen LogP contribution is -2.71. The average Bonchev–Trinajstić information content (AvgIpc) is 2.86. The Bertz CT molecular complexity index is 908. The molecule has 1 aliphatic heterocycles. The number of carbonyl (C=O) groups excluding carboxylic acids is 3. The van der Waals surface area contributed by atoms with Crippen molar-refractivity contribution < 1.29 is 44.7 Å². The van der Waals surface area contributed by atoms with E-state index in [2.05, 4.69) is 0 Å². The maximum absolute atomic E-state index is 13.8. The summed E-state index contributed by atoms with van der Waals surface area (Å²) in [5, 5.41) is 54.1. The number of fused-ring (bicyclic) bond motifs is 3. The van der Waals surface area contributed by atoms with Gasteiger partial charge in [-0.05, 0) is 56.3 Å². The summed E-state index contributed by atoms with van der Waals surface area (Å²) in [6, 6.07) is 0. The van der Waals surface area contributed by atoms with Gasteiger partial charge in [-0.3, -0.25) is 19.3 Å². The lowest BCUT2D eigenvalue weighted by molar-refractivity contribution is -0.211. The molecular weight excluding hydrogens is 484 g/mol. The van der Waals surface area contributed by atoms with Crippen LogP contribution in [0.1, 0.15) is 44.9 Å². The number of ketones is 3. The smallest absolute Gasteiger partial charge is 0.181 e. The van der Waals surface area contributed by atoms with E-state index in [9.17, 15) is 39.9 Å². The van der Waals surface area contributed by atoms with Crippen LogP contribution in [0.3, 0.4) is 0 Å². The lowest BCUT2D eigenvalue weighted by Gasteiger charge is -2.57. The number of nitrogens with two attached hydrogens (primary N) is 1. The highest BCUT2D eigenvalue weighted by Gasteiger charge is 2.67. The van der Waals surface area contributed by atoms with Gasteiger partial charge in [0, 0.05) is 31.3 Å². The van der Waals surface area contributed by atoms with E-state index in [4.69, 9.17) is 10.5 Å². The van der Waals surface area contributed by atoms with Crippen LogP contribution in [0.2, 0.25) is 0 Å². The number of aliphatic hydroxyl groups is 5. The molecular formula is C26H40N2O9. The molecule has 5 fully saturated rings. The van der Waals surface area contributed by atoms with E-state index >= 15 is 0 Å². The van der Waals surface area contributed by atoms with Gasteiger partial charge < -0.3 is 36.0 Å². The summed E-state index contributed by atoms with van der Waals surface area (Å²) >= 11 is 0. The summed E-state index contributed by atoms with van der Waals surface area (Å²) in [4.78, 5) is 41.5. The largest absolute Gasteiger partial charge is 0.392 e. The monoisotopic (exact) mass is 524 g/mol. The zero-order chi connectivity index (χ0) is 26.6. The minimum atomic E-state index is -2.34. The SMILES string of the molecule is NC(O)C1C(=O)C[C@@H]2C[C@@H]3CC4C(CCC(O)N5CCOCC5)CCC(O)C4C(=O)C3C(O)[C@]2(O)C1=O. The van der Waals surface area contributed by atoms with Crippen LogP contribution in [0.4, 0.5) is 0 Å². The van der Waals surface area contributed by atoms with Crippen molar-refractivity contribution in [2.45, 2.75) is 75.2 Å². The molecule has 11 nitrogen and oxygen atoms in total. The summed E-state index contributed by atoms with van der Waals surface area (Å²) in [6.07, 6.45) is -2.06. The molecule has 0 aromatic rings. The molecule has 0 aromatic heterocycles. The molecule has 4 aliphatic carbocycles. The van der Waals surface area contributed by atoms with Crippen molar-refractivity contribution in [3.63, 3.8) is 0 Å². The first-order valence-corrected chi connectivity index (χ1v) is 13.7. The number of aliphatic hydroxyl groups excluding tert-OH is 4. The molecule has 9 unspecified atom stereocenters. The molecule has 11 heteroatoms. The van der Waals surface area contributed by atoms with Crippen LogP contribution < -0.4 is 5.73 Å². The normalized spacial score (nSPS) is 46.5.